The molecule has 9 nitrogen and oxygen atoms in total. The molecule has 1 atom stereocenters. The molecule has 39 heavy (non-hydrogen) atoms. The standard InChI is InChI=1S/C29H28N4O5S/c1-39(36,37)26-15-24(17-31-18-26)22-10-6-11-23(14-22)27(28(34)32-25-12-5-9-21(13-25)16-30)33-29(35)38-19-20-7-3-2-4-8-20/h2-15,17-18,27H,16,19,30H2,1H3,(H,32,34)(H,33,35)/t27-/m0/s1. The summed E-state index contributed by atoms with van der Waals surface area (Å²) in [4.78, 5) is 30.3. The number of carbonyl (C=O) groups excluding carboxylic acids is 2. The van der Waals surface area contributed by atoms with E-state index in [2.05, 4.69) is 15.6 Å². The molecule has 2 amide bonds. The molecule has 0 bridgehead atoms. The van der Waals surface area contributed by atoms with Crippen LogP contribution in [0.15, 0.2) is 102 Å². The molecule has 0 saturated carbocycles. The molecule has 3 aromatic carbocycles. The smallest absolute Gasteiger partial charge is 0.408 e. The first-order valence-corrected chi connectivity index (χ1v) is 13.9. The third kappa shape index (κ3) is 7.50. The van der Waals surface area contributed by atoms with E-state index in [0.29, 0.717) is 28.9 Å². The van der Waals surface area contributed by atoms with E-state index in [1.54, 1.807) is 42.5 Å². The Kier molecular flexibility index (Phi) is 8.70. The zero-order valence-electron chi connectivity index (χ0n) is 21.2. The summed E-state index contributed by atoms with van der Waals surface area (Å²) in [7, 11) is -3.47. The number of aromatic nitrogens is 1. The molecule has 1 aromatic heterocycles. The number of nitrogens with two attached hydrogens (primary N) is 1. The van der Waals surface area contributed by atoms with Crippen LogP contribution >= 0.6 is 0 Å². The second-order valence-corrected chi connectivity index (χ2v) is 10.9. The summed E-state index contributed by atoms with van der Waals surface area (Å²) in [6.45, 7) is 0.337. The van der Waals surface area contributed by atoms with Gasteiger partial charge < -0.3 is 21.1 Å². The second-order valence-electron chi connectivity index (χ2n) is 8.84. The van der Waals surface area contributed by atoms with Gasteiger partial charge in [-0.25, -0.2) is 13.2 Å². The molecule has 0 aliphatic carbocycles. The first-order chi connectivity index (χ1) is 18.7. The maximum absolute atomic E-state index is 13.5. The van der Waals surface area contributed by atoms with Gasteiger partial charge in [0.2, 0.25) is 0 Å². The van der Waals surface area contributed by atoms with Crippen LogP contribution in [-0.2, 0) is 32.5 Å². The summed E-state index contributed by atoms with van der Waals surface area (Å²) < 4.78 is 29.4. The number of sulfone groups is 1. The largest absolute Gasteiger partial charge is 0.445 e. The highest BCUT2D eigenvalue weighted by atomic mass is 32.2. The molecule has 200 valence electrons. The highest BCUT2D eigenvalue weighted by molar-refractivity contribution is 7.90. The van der Waals surface area contributed by atoms with Gasteiger partial charge in [0.25, 0.3) is 5.91 Å². The number of nitrogens with zero attached hydrogens (tertiary/aromatic N) is 1. The molecule has 0 radical (unpaired) electrons. The lowest BCUT2D eigenvalue weighted by molar-refractivity contribution is -0.118. The van der Waals surface area contributed by atoms with Crippen LogP contribution in [-0.4, -0.2) is 31.7 Å². The van der Waals surface area contributed by atoms with Gasteiger partial charge in [-0.2, -0.15) is 0 Å². The fraction of sp³-hybridized carbons (Fsp3) is 0.138. The summed E-state index contributed by atoms with van der Waals surface area (Å²) in [5, 5.41) is 5.48. The van der Waals surface area contributed by atoms with E-state index in [0.717, 1.165) is 17.4 Å². The first-order valence-electron chi connectivity index (χ1n) is 12.1. The van der Waals surface area contributed by atoms with Crippen molar-refractivity contribution in [3.8, 4) is 11.1 Å². The molecule has 0 saturated heterocycles. The third-order valence-corrected chi connectivity index (χ3v) is 6.94. The molecule has 4 aromatic rings. The van der Waals surface area contributed by atoms with Gasteiger partial charge in [0, 0.05) is 36.4 Å². The van der Waals surface area contributed by atoms with Crippen molar-refractivity contribution < 1.29 is 22.7 Å². The summed E-state index contributed by atoms with van der Waals surface area (Å²) in [6, 6.07) is 23.5. The van der Waals surface area contributed by atoms with Gasteiger partial charge in [-0.3, -0.25) is 9.78 Å². The van der Waals surface area contributed by atoms with E-state index in [4.69, 9.17) is 10.5 Å². The van der Waals surface area contributed by atoms with Crippen molar-refractivity contribution in [3.05, 3.63) is 114 Å². The van der Waals surface area contributed by atoms with E-state index >= 15 is 0 Å². The van der Waals surface area contributed by atoms with Crippen molar-refractivity contribution in [2.24, 2.45) is 5.73 Å². The molecule has 0 aliphatic rings. The van der Waals surface area contributed by atoms with Crippen molar-refractivity contribution in [1.29, 1.82) is 0 Å². The van der Waals surface area contributed by atoms with Crippen LogP contribution in [0.3, 0.4) is 0 Å². The molecular formula is C29H28N4O5S. The Hall–Kier alpha value is -4.54. The van der Waals surface area contributed by atoms with Crippen LogP contribution in [0.4, 0.5) is 10.5 Å². The predicted molar refractivity (Wildman–Crippen MR) is 148 cm³/mol. The van der Waals surface area contributed by atoms with Crippen molar-refractivity contribution >= 4 is 27.5 Å². The fourth-order valence-electron chi connectivity index (χ4n) is 3.85. The predicted octanol–water partition coefficient (Wildman–Crippen LogP) is 4.22. The lowest BCUT2D eigenvalue weighted by Gasteiger charge is -2.20. The number of hydrogen-bond acceptors (Lipinski definition) is 7. The second kappa shape index (κ2) is 12.3. The molecular weight excluding hydrogens is 516 g/mol. The average Bonchev–Trinajstić information content (AvgIpc) is 2.95. The number of amides is 2. The molecule has 10 heteroatoms. The number of anilines is 1. The topological polar surface area (TPSA) is 140 Å². The molecule has 4 N–H and O–H groups in total. The number of ether oxygens (including phenoxy) is 1. The number of benzene rings is 3. The molecule has 4 rings (SSSR count). The van der Waals surface area contributed by atoms with Gasteiger partial charge >= 0.3 is 6.09 Å². The molecule has 1 heterocycles. The van der Waals surface area contributed by atoms with Gasteiger partial charge in [-0.15, -0.1) is 0 Å². The number of carbonyl (C=O) groups is 2. The van der Waals surface area contributed by atoms with E-state index in [-0.39, 0.29) is 11.5 Å². The van der Waals surface area contributed by atoms with Crippen LogP contribution in [0.5, 0.6) is 0 Å². The minimum absolute atomic E-state index is 0.0313. The van der Waals surface area contributed by atoms with Crippen molar-refractivity contribution in [1.82, 2.24) is 10.3 Å². The van der Waals surface area contributed by atoms with Crippen LogP contribution < -0.4 is 16.4 Å². The highest BCUT2D eigenvalue weighted by Gasteiger charge is 2.24. The summed E-state index contributed by atoms with van der Waals surface area (Å²) in [6.07, 6.45) is 3.14. The Balaban J connectivity index is 1.62. The monoisotopic (exact) mass is 544 g/mol. The van der Waals surface area contributed by atoms with E-state index in [1.807, 2.05) is 36.4 Å². The Morgan fingerprint density at radius 1 is 0.897 bits per heavy atom. The Morgan fingerprint density at radius 2 is 1.64 bits per heavy atom. The quantitative estimate of drug-likeness (QED) is 0.287. The number of nitrogens with one attached hydrogen (secondary N) is 2. The maximum atomic E-state index is 13.5. The SMILES string of the molecule is CS(=O)(=O)c1cncc(-c2cccc([C@H](NC(=O)OCc3ccccc3)C(=O)Nc3cccc(CN)c3)c2)c1. The van der Waals surface area contributed by atoms with Crippen LogP contribution in [0.25, 0.3) is 11.1 Å². The van der Waals surface area contributed by atoms with Crippen molar-refractivity contribution in [2.75, 3.05) is 11.6 Å². The number of alkyl carbamates (subject to hydrolysis) is 1. The van der Waals surface area contributed by atoms with Gasteiger partial charge in [0.05, 0.1) is 4.90 Å². The minimum atomic E-state index is -3.47. The van der Waals surface area contributed by atoms with E-state index in [1.165, 1.54) is 18.5 Å². The van der Waals surface area contributed by atoms with Gasteiger partial charge in [-0.1, -0.05) is 60.7 Å². The number of hydrogen-bond donors (Lipinski definition) is 3. The summed E-state index contributed by atoms with van der Waals surface area (Å²) in [5.41, 5.74) is 9.50. The highest BCUT2D eigenvalue weighted by Crippen LogP contribution is 2.26. The Morgan fingerprint density at radius 3 is 2.38 bits per heavy atom. The van der Waals surface area contributed by atoms with Crippen LogP contribution in [0.1, 0.15) is 22.7 Å². The van der Waals surface area contributed by atoms with E-state index < -0.39 is 27.9 Å². The van der Waals surface area contributed by atoms with Crippen LogP contribution in [0, 0.1) is 0 Å². The van der Waals surface area contributed by atoms with Crippen molar-refractivity contribution in [3.63, 3.8) is 0 Å². The molecule has 0 spiro atoms. The zero-order valence-corrected chi connectivity index (χ0v) is 22.0. The van der Waals surface area contributed by atoms with Gasteiger partial charge in [0.1, 0.15) is 12.6 Å². The van der Waals surface area contributed by atoms with Gasteiger partial charge in [0.15, 0.2) is 9.84 Å². The molecule has 0 unspecified atom stereocenters. The van der Waals surface area contributed by atoms with Crippen molar-refractivity contribution in [2.45, 2.75) is 24.1 Å². The molecule has 0 fully saturated rings. The zero-order chi connectivity index (χ0) is 27.8. The fourth-order valence-corrected chi connectivity index (χ4v) is 4.44. The maximum Gasteiger partial charge on any atom is 0.408 e. The molecule has 0 aliphatic heterocycles. The summed E-state index contributed by atoms with van der Waals surface area (Å²) in [5.74, 6) is -0.499. The Labute approximate surface area is 227 Å². The lowest BCUT2D eigenvalue weighted by Crippen LogP contribution is -2.37. The van der Waals surface area contributed by atoms with Crippen LogP contribution in [0.2, 0.25) is 0 Å². The Bertz CT molecular complexity index is 1580. The van der Waals surface area contributed by atoms with E-state index in [9.17, 15) is 18.0 Å². The minimum Gasteiger partial charge on any atom is -0.445 e. The third-order valence-electron chi connectivity index (χ3n) is 5.86. The normalized spacial score (nSPS) is 11.8. The number of pyridine rings is 1. The lowest BCUT2D eigenvalue weighted by atomic mass is 10.00. The average molecular weight is 545 g/mol. The summed E-state index contributed by atoms with van der Waals surface area (Å²) >= 11 is 0. The van der Waals surface area contributed by atoms with Gasteiger partial charge in [-0.05, 0) is 46.5 Å². The number of rotatable bonds is 9. The first kappa shape index (κ1) is 27.5.